The molecule has 0 saturated heterocycles. The number of aromatic nitrogens is 1. The summed E-state index contributed by atoms with van der Waals surface area (Å²) < 4.78 is 11.2. The van der Waals surface area contributed by atoms with Crippen molar-refractivity contribution in [2.45, 2.75) is 0 Å². The summed E-state index contributed by atoms with van der Waals surface area (Å²) in [5.41, 5.74) is 0.247. The Kier molecular flexibility index (Phi) is 7.70. The highest BCUT2D eigenvalue weighted by Gasteiger charge is 2.17. The summed E-state index contributed by atoms with van der Waals surface area (Å²) in [5.74, 6) is 0.208. The second-order valence-electron chi connectivity index (χ2n) is 3.98. The average molecular weight is 446 g/mol. The van der Waals surface area contributed by atoms with Crippen LogP contribution in [-0.2, 0) is 14.3 Å². The molecule has 0 aliphatic carbocycles. The molecule has 0 spiro atoms. The SMILES string of the molecule is C=C(Br)/C(OC)=C(Br)\C=C\C(=O)N(C=O)c1cnccc1OC. The van der Waals surface area contributed by atoms with Crippen molar-refractivity contribution < 1.29 is 19.1 Å². The van der Waals surface area contributed by atoms with Crippen LogP contribution < -0.4 is 9.64 Å². The van der Waals surface area contributed by atoms with Gasteiger partial charge in [0.2, 0.25) is 6.41 Å². The fourth-order valence-electron chi connectivity index (χ4n) is 1.59. The smallest absolute Gasteiger partial charge is 0.257 e. The van der Waals surface area contributed by atoms with Gasteiger partial charge < -0.3 is 9.47 Å². The first-order chi connectivity index (χ1) is 11.0. The normalized spacial score (nSPS) is 11.7. The minimum Gasteiger partial charge on any atom is -0.494 e. The van der Waals surface area contributed by atoms with Crippen LogP contribution in [-0.4, -0.2) is 31.5 Å². The molecule has 0 radical (unpaired) electrons. The van der Waals surface area contributed by atoms with Gasteiger partial charge in [-0.15, -0.1) is 0 Å². The van der Waals surface area contributed by atoms with E-state index >= 15 is 0 Å². The summed E-state index contributed by atoms with van der Waals surface area (Å²) >= 11 is 6.46. The third kappa shape index (κ3) is 5.04. The molecule has 23 heavy (non-hydrogen) atoms. The number of imide groups is 1. The molecular weight excluding hydrogens is 432 g/mol. The second kappa shape index (κ2) is 9.26. The maximum absolute atomic E-state index is 12.2. The van der Waals surface area contributed by atoms with Crippen LogP contribution in [0.3, 0.4) is 0 Å². The van der Waals surface area contributed by atoms with Gasteiger partial charge in [0, 0.05) is 18.3 Å². The van der Waals surface area contributed by atoms with Gasteiger partial charge in [-0.3, -0.25) is 14.6 Å². The molecule has 0 atom stereocenters. The molecule has 0 bridgehead atoms. The molecular formula is C15H14Br2N2O4. The largest absolute Gasteiger partial charge is 0.494 e. The van der Waals surface area contributed by atoms with Gasteiger partial charge >= 0.3 is 0 Å². The first-order valence-electron chi connectivity index (χ1n) is 6.19. The number of amides is 2. The zero-order chi connectivity index (χ0) is 17.4. The van der Waals surface area contributed by atoms with E-state index in [4.69, 9.17) is 9.47 Å². The highest BCUT2D eigenvalue weighted by atomic mass is 79.9. The summed E-state index contributed by atoms with van der Waals surface area (Å²) in [6.07, 6.45) is 5.92. The van der Waals surface area contributed by atoms with Crippen LogP contribution in [0.4, 0.5) is 5.69 Å². The molecule has 0 fully saturated rings. The zero-order valence-corrected chi connectivity index (χ0v) is 15.6. The van der Waals surface area contributed by atoms with Crippen LogP contribution in [0.1, 0.15) is 0 Å². The first kappa shape index (κ1) is 19.1. The van der Waals surface area contributed by atoms with Gasteiger partial charge in [0.25, 0.3) is 5.91 Å². The molecule has 2 amide bonds. The molecule has 0 N–H and O–H groups in total. The van der Waals surface area contributed by atoms with Crippen LogP contribution in [0.2, 0.25) is 0 Å². The van der Waals surface area contributed by atoms with Crippen molar-refractivity contribution in [3.8, 4) is 5.75 Å². The number of carbonyl (C=O) groups excluding carboxylic acids is 2. The maximum atomic E-state index is 12.2. The van der Waals surface area contributed by atoms with Gasteiger partial charge in [-0.25, -0.2) is 4.90 Å². The average Bonchev–Trinajstić information content (AvgIpc) is 2.54. The van der Waals surface area contributed by atoms with E-state index in [9.17, 15) is 9.59 Å². The van der Waals surface area contributed by atoms with Crippen molar-refractivity contribution in [1.82, 2.24) is 4.98 Å². The quantitative estimate of drug-likeness (QED) is 0.279. The number of hydrogen-bond acceptors (Lipinski definition) is 5. The lowest BCUT2D eigenvalue weighted by Gasteiger charge is -2.16. The lowest BCUT2D eigenvalue weighted by Crippen LogP contribution is -2.28. The van der Waals surface area contributed by atoms with Crippen molar-refractivity contribution in [2.75, 3.05) is 19.1 Å². The molecule has 6 nitrogen and oxygen atoms in total. The van der Waals surface area contributed by atoms with Crippen LogP contribution in [0.25, 0.3) is 0 Å². The Balaban J connectivity index is 3.09. The van der Waals surface area contributed by atoms with E-state index in [1.54, 1.807) is 6.07 Å². The molecule has 0 aromatic carbocycles. The zero-order valence-electron chi connectivity index (χ0n) is 12.5. The number of allylic oxidation sites excluding steroid dienone is 3. The second-order valence-corrected chi connectivity index (χ2v) is 5.79. The number of carbonyl (C=O) groups is 2. The van der Waals surface area contributed by atoms with Gasteiger partial charge in [-0.1, -0.05) is 6.58 Å². The minimum absolute atomic E-state index is 0.247. The van der Waals surface area contributed by atoms with Crippen molar-refractivity contribution in [1.29, 1.82) is 0 Å². The van der Waals surface area contributed by atoms with Gasteiger partial charge in [-0.2, -0.15) is 0 Å². The highest BCUT2D eigenvalue weighted by molar-refractivity contribution is 9.12. The van der Waals surface area contributed by atoms with Crippen LogP contribution in [0, 0.1) is 0 Å². The standard InChI is InChI=1S/C15H14Br2N2O4/c1-10(16)15(23-3)11(17)4-5-14(21)19(9-20)12-8-18-7-6-13(12)22-2/h4-9H,1H2,2-3H3/b5-4+,15-11-. The van der Waals surface area contributed by atoms with E-state index in [2.05, 4.69) is 43.4 Å². The summed E-state index contributed by atoms with van der Waals surface area (Å²) in [5, 5.41) is 0. The Morgan fingerprint density at radius 1 is 1.35 bits per heavy atom. The summed E-state index contributed by atoms with van der Waals surface area (Å²) in [7, 11) is 2.91. The first-order valence-corrected chi connectivity index (χ1v) is 7.78. The van der Waals surface area contributed by atoms with Crippen LogP contribution in [0.15, 0.2) is 51.9 Å². The van der Waals surface area contributed by atoms with Gasteiger partial charge in [-0.05, 0) is 37.9 Å². The topological polar surface area (TPSA) is 68.7 Å². The lowest BCUT2D eigenvalue weighted by atomic mass is 10.3. The number of hydrogen-bond donors (Lipinski definition) is 0. The molecule has 0 aliphatic heterocycles. The Labute approximate surface area is 150 Å². The number of methoxy groups -OCH3 is 2. The van der Waals surface area contributed by atoms with E-state index < -0.39 is 5.91 Å². The summed E-state index contributed by atoms with van der Waals surface area (Å²) in [6, 6.07) is 1.55. The van der Waals surface area contributed by atoms with Gasteiger partial charge in [0.1, 0.15) is 17.2 Å². The molecule has 8 heteroatoms. The number of anilines is 1. The van der Waals surface area contributed by atoms with Gasteiger partial charge in [0.05, 0.1) is 29.4 Å². The summed E-state index contributed by atoms with van der Waals surface area (Å²) in [6.45, 7) is 3.69. The lowest BCUT2D eigenvalue weighted by molar-refractivity contribution is -0.118. The number of rotatable bonds is 7. The molecule has 1 heterocycles. The fourth-order valence-corrected chi connectivity index (χ4v) is 2.77. The Hall–Kier alpha value is -1.93. The number of pyridine rings is 1. The van der Waals surface area contributed by atoms with Crippen LogP contribution in [0.5, 0.6) is 5.75 Å². The monoisotopic (exact) mass is 444 g/mol. The third-order valence-corrected chi connectivity index (χ3v) is 3.61. The molecule has 0 saturated carbocycles. The van der Waals surface area contributed by atoms with Crippen molar-refractivity contribution in [3.63, 3.8) is 0 Å². The molecule has 0 unspecified atom stereocenters. The predicted molar refractivity (Wildman–Crippen MR) is 94.5 cm³/mol. The number of ether oxygens (including phenoxy) is 2. The van der Waals surface area contributed by atoms with Crippen molar-refractivity contribution >= 4 is 49.9 Å². The van der Waals surface area contributed by atoms with Crippen molar-refractivity contribution in [3.05, 3.63) is 51.9 Å². The molecule has 1 rings (SSSR count). The fraction of sp³-hybridized carbons (Fsp3) is 0.133. The maximum Gasteiger partial charge on any atom is 0.257 e. The molecule has 1 aromatic rings. The highest BCUT2D eigenvalue weighted by Crippen LogP contribution is 2.27. The molecule has 0 aliphatic rings. The Morgan fingerprint density at radius 2 is 2.04 bits per heavy atom. The van der Waals surface area contributed by atoms with Crippen molar-refractivity contribution in [2.24, 2.45) is 0 Å². The Morgan fingerprint density at radius 3 is 2.57 bits per heavy atom. The minimum atomic E-state index is -0.570. The predicted octanol–water partition coefficient (Wildman–Crippen LogP) is 3.30. The molecule has 1 aromatic heterocycles. The van der Waals surface area contributed by atoms with E-state index in [0.717, 1.165) is 4.90 Å². The van der Waals surface area contributed by atoms with E-state index in [-0.39, 0.29) is 5.69 Å². The van der Waals surface area contributed by atoms with Gasteiger partial charge in [0.15, 0.2) is 0 Å². The number of halogens is 2. The third-order valence-electron chi connectivity index (χ3n) is 2.62. The summed E-state index contributed by atoms with van der Waals surface area (Å²) in [4.78, 5) is 28.3. The van der Waals surface area contributed by atoms with E-state index in [1.165, 1.54) is 38.8 Å². The molecule has 122 valence electrons. The van der Waals surface area contributed by atoms with Crippen LogP contribution >= 0.6 is 31.9 Å². The van der Waals surface area contributed by atoms with E-state index in [1.807, 2.05) is 0 Å². The number of nitrogens with zero attached hydrogens (tertiary/aromatic N) is 2. The Bertz CT molecular complexity index is 671. The van der Waals surface area contributed by atoms with E-state index in [0.29, 0.717) is 26.9 Å².